The molecule has 0 bridgehead atoms. The smallest absolute Gasteiger partial charge is 0.309 e. The lowest BCUT2D eigenvalue weighted by Crippen LogP contribution is -2.30. The van der Waals surface area contributed by atoms with Gasteiger partial charge in [-0.2, -0.15) is 0 Å². The van der Waals surface area contributed by atoms with Crippen LogP contribution in [0.5, 0.6) is 0 Å². The fraction of sp³-hybridized carbons (Fsp3) is 0.920. The van der Waals surface area contributed by atoms with Crippen molar-refractivity contribution in [2.45, 2.75) is 136 Å². The third-order valence-corrected chi connectivity index (χ3v) is 6.42. The molecule has 0 saturated carbocycles. The molecule has 4 nitrogen and oxygen atoms in total. The van der Waals surface area contributed by atoms with Gasteiger partial charge >= 0.3 is 11.9 Å². The van der Waals surface area contributed by atoms with Crippen molar-refractivity contribution in [1.82, 2.24) is 0 Å². The summed E-state index contributed by atoms with van der Waals surface area (Å²) in [6.45, 7) is 6.35. The summed E-state index contributed by atoms with van der Waals surface area (Å²) in [4.78, 5) is 22.3. The van der Waals surface area contributed by atoms with Gasteiger partial charge in [0.05, 0.1) is 5.41 Å². The maximum atomic E-state index is 11.9. The summed E-state index contributed by atoms with van der Waals surface area (Å²) in [6, 6.07) is 0. The van der Waals surface area contributed by atoms with Crippen molar-refractivity contribution in [1.29, 1.82) is 0 Å². The molecule has 4 heteroatoms. The third kappa shape index (κ3) is 15.4. The second-order valence-corrected chi connectivity index (χ2v) is 9.27. The first-order valence-corrected chi connectivity index (χ1v) is 12.3. The maximum absolute atomic E-state index is 11.9. The van der Waals surface area contributed by atoms with Crippen molar-refractivity contribution in [3.8, 4) is 0 Å². The van der Waals surface area contributed by atoms with Crippen LogP contribution in [0, 0.1) is 11.3 Å². The molecule has 0 amide bonds. The van der Waals surface area contributed by atoms with Crippen molar-refractivity contribution in [3.63, 3.8) is 0 Å². The van der Waals surface area contributed by atoms with E-state index >= 15 is 0 Å². The van der Waals surface area contributed by atoms with Crippen LogP contribution in [-0.4, -0.2) is 22.2 Å². The predicted molar refractivity (Wildman–Crippen MR) is 121 cm³/mol. The first-order valence-electron chi connectivity index (χ1n) is 12.3. The highest BCUT2D eigenvalue weighted by Crippen LogP contribution is 2.35. The zero-order valence-electron chi connectivity index (χ0n) is 19.5. The van der Waals surface area contributed by atoms with Crippen molar-refractivity contribution in [2.75, 3.05) is 0 Å². The van der Waals surface area contributed by atoms with Gasteiger partial charge in [-0.05, 0) is 32.1 Å². The second-order valence-electron chi connectivity index (χ2n) is 9.27. The standard InChI is InChI=1S/C25H48O4/c1-4-6-18-22(5-2)21-25(3,24(28)29)20-17-15-13-11-9-7-8-10-12-14-16-19-23(26)27/h22H,4-21H2,1-3H3,(H,26,27)(H,28,29). The molecule has 0 aliphatic carbocycles. The topological polar surface area (TPSA) is 74.6 Å². The zero-order valence-corrected chi connectivity index (χ0v) is 19.5. The second kappa shape index (κ2) is 17.8. The highest BCUT2D eigenvalue weighted by Gasteiger charge is 2.34. The summed E-state index contributed by atoms with van der Waals surface area (Å²) in [6.07, 6.45) is 19.2. The molecule has 0 aromatic heterocycles. The third-order valence-electron chi connectivity index (χ3n) is 6.42. The molecule has 0 aliphatic heterocycles. The maximum Gasteiger partial charge on any atom is 0.309 e. The minimum atomic E-state index is -0.685. The van der Waals surface area contributed by atoms with E-state index in [4.69, 9.17) is 5.11 Å². The van der Waals surface area contributed by atoms with Crippen molar-refractivity contribution >= 4 is 11.9 Å². The number of rotatable bonds is 21. The van der Waals surface area contributed by atoms with Crippen LogP contribution in [0.3, 0.4) is 0 Å². The lowest BCUT2D eigenvalue weighted by atomic mass is 9.75. The normalized spacial score (nSPS) is 14.4. The van der Waals surface area contributed by atoms with Gasteiger partial charge in [0.2, 0.25) is 0 Å². The van der Waals surface area contributed by atoms with E-state index in [1.807, 2.05) is 6.92 Å². The van der Waals surface area contributed by atoms with Crippen LogP contribution in [0.2, 0.25) is 0 Å². The van der Waals surface area contributed by atoms with Crippen LogP contribution < -0.4 is 0 Å². The molecule has 0 spiro atoms. The Bertz CT molecular complexity index is 421. The number of unbranched alkanes of at least 4 members (excludes halogenated alkanes) is 11. The highest BCUT2D eigenvalue weighted by atomic mass is 16.4. The molecule has 0 rings (SSSR count). The van der Waals surface area contributed by atoms with Crippen LogP contribution in [0.4, 0.5) is 0 Å². The fourth-order valence-corrected chi connectivity index (χ4v) is 4.26. The Morgan fingerprint density at radius 2 is 1.24 bits per heavy atom. The Morgan fingerprint density at radius 1 is 0.759 bits per heavy atom. The van der Waals surface area contributed by atoms with Gasteiger partial charge in [-0.25, -0.2) is 0 Å². The molecule has 0 fully saturated rings. The SMILES string of the molecule is CCCCC(CC)CC(C)(CCCCCCCCCCCCCC(=O)O)C(=O)O. The molecule has 0 aliphatic rings. The van der Waals surface area contributed by atoms with Crippen LogP contribution in [-0.2, 0) is 9.59 Å². The Kier molecular flexibility index (Phi) is 17.1. The van der Waals surface area contributed by atoms with E-state index in [2.05, 4.69) is 13.8 Å². The van der Waals surface area contributed by atoms with E-state index in [9.17, 15) is 14.7 Å². The number of carboxylic acids is 2. The van der Waals surface area contributed by atoms with Gasteiger partial charge in [-0.3, -0.25) is 9.59 Å². The van der Waals surface area contributed by atoms with E-state index in [-0.39, 0.29) is 0 Å². The van der Waals surface area contributed by atoms with Crippen molar-refractivity contribution in [3.05, 3.63) is 0 Å². The van der Waals surface area contributed by atoms with Gasteiger partial charge in [-0.15, -0.1) is 0 Å². The van der Waals surface area contributed by atoms with Crippen LogP contribution in [0.15, 0.2) is 0 Å². The fourth-order valence-electron chi connectivity index (χ4n) is 4.26. The summed E-state index contributed by atoms with van der Waals surface area (Å²) in [5, 5.41) is 18.4. The average molecular weight is 413 g/mol. The first kappa shape index (κ1) is 27.9. The Hall–Kier alpha value is -1.06. The largest absolute Gasteiger partial charge is 0.481 e. The number of carboxylic acid groups (broad SMARTS) is 2. The number of aliphatic carboxylic acids is 2. The van der Waals surface area contributed by atoms with E-state index in [0.29, 0.717) is 12.3 Å². The minimum absolute atomic E-state index is 0.304. The van der Waals surface area contributed by atoms with Crippen LogP contribution in [0.25, 0.3) is 0 Å². The van der Waals surface area contributed by atoms with Crippen molar-refractivity contribution < 1.29 is 19.8 Å². The number of hydrogen-bond acceptors (Lipinski definition) is 2. The summed E-state index contributed by atoms with van der Waals surface area (Å²) in [5.74, 6) is -0.758. The highest BCUT2D eigenvalue weighted by molar-refractivity contribution is 5.74. The number of carbonyl (C=O) groups is 2. The molecule has 0 radical (unpaired) electrons. The quantitative estimate of drug-likeness (QED) is 0.188. The lowest BCUT2D eigenvalue weighted by Gasteiger charge is -2.29. The molecular formula is C25H48O4. The van der Waals surface area contributed by atoms with Gasteiger partial charge < -0.3 is 10.2 Å². The Morgan fingerprint density at radius 3 is 1.66 bits per heavy atom. The molecule has 0 saturated heterocycles. The molecule has 0 aromatic carbocycles. The minimum Gasteiger partial charge on any atom is -0.481 e. The monoisotopic (exact) mass is 412 g/mol. The summed E-state index contributed by atoms with van der Waals surface area (Å²) in [5.41, 5.74) is -0.560. The van der Waals surface area contributed by atoms with Gasteiger partial charge in [0.25, 0.3) is 0 Å². The van der Waals surface area contributed by atoms with E-state index in [1.54, 1.807) is 0 Å². The van der Waals surface area contributed by atoms with E-state index in [0.717, 1.165) is 57.8 Å². The average Bonchev–Trinajstić information content (AvgIpc) is 2.68. The summed E-state index contributed by atoms with van der Waals surface area (Å²) < 4.78 is 0. The van der Waals surface area contributed by atoms with Gasteiger partial charge in [0, 0.05) is 6.42 Å². The Balaban J connectivity index is 3.78. The van der Waals surface area contributed by atoms with Crippen LogP contribution in [0.1, 0.15) is 136 Å². The van der Waals surface area contributed by atoms with E-state index in [1.165, 1.54) is 51.4 Å². The molecule has 0 aromatic rings. The van der Waals surface area contributed by atoms with E-state index < -0.39 is 17.4 Å². The zero-order chi connectivity index (χ0) is 22.0. The molecule has 2 N–H and O–H groups in total. The lowest BCUT2D eigenvalue weighted by molar-refractivity contribution is -0.149. The molecular weight excluding hydrogens is 364 g/mol. The predicted octanol–water partition coefficient (Wildman–Crippen LogP) is 7.84. The summed E-state index contributed by atoms with van der Waals surface area (Å²) in [7, 11) is 0. The molecule has 172 valence electrons. The molecule has 2 unspecified atom stereocenters. The summed E-state index contributed by atoms with van der Waals surface area (Å²) >= 11 is 0. The number of hydrogen-bond donors (Lipinski definition) is 2. The molecule has 0 heterocycles. The van der Waals surface area contributed by atoms with Gasteiger partial charge in [0.15, 0.2) is 0 Å². The Labute approximate surface area is 179 Å². The first-order chi connectivity index (χ1) is 13.9. The van der Waals surface area contributed by atoms with Gasteiger partial charge in [0.1, 0.15) is 0 Å². The van der Waals surface area contributed by atoms with Crippen molar-refractivity contribution in [2.24, 2.45) is 11.3 Å². The molecule has 29 heavy (non-hydrogen) atoms. The van der Waals surface area contributed by atoms with Gasteiger partial charge in [-0.1, -0.05) is 104 Å². The van der Waals surface area contributed by atoms with Crippen LogP contribution >= 0.6 is 0 Å². The molecule has 2 atom stereocenters.